The van der Waals surface area contributed by atoms with Gasteiger partial charge in [0.25, 0.3) is 0 Å². The lowest BCUT2D eigenvalue weighted by atomic mass is 9.78. The number of benzene rings is 4. The first-order valence-corrected chi connectivity index (χ1v) is 17.9. The molecule has 0 aliphatic carbocycles. The monoisotopic (exact) mass is 686 g/mol. The first-order valence-electron chi connectivity index (χ1n) is 17.9. The van der Waals surface area contributed by atoms with Crippen LogP contribution in [0.4, 0.5) is 0 Å². The molecule has 0 amide bonds. The highest BCUT2D eigenvalue weighted by Gasteiger charge is 2.30. The van der Waals surface area contributed by atoms with E-state index >= 15 is 0 Å². The molecule has 0 spiro atoms. The van der Waals surface area contributed by atoms with Crippen LogP contribution in [0.2, 0.25) is 0 Å². The molecule has 0 bridgehead atoms. The lowest BCUT2D eigenvalue weighted by Crippen LogP contribution is -2.18. The highest BCUT2D eigenvalue weighted by atomic mass is 16.4. The summed E-state index contributed by atoms with van der Waals surface area (Å²) in [6.45, 7) is 29.7. The van der Waals surface area contributed by atoms with Crippen molar-refractivity contribution in [3.8, 4) is 34.4 Å². The molecule has 0 fully saturated rings. The van der Waals surface area contributed by atoms with Crippen molar-refractivity contribution < 1.29 is 19.0 Å². The van der Waals surface area contributed by atoms with Crippen LogP contribution >= 0.6 is 0 Å². The predicted octanol–water partition coefficient (Wildman–Crippen LogP) is 12.2. The third-order valence-electron chi connectivity index (χ3n) is 10.2. The largest absolute Gasteiger partial charge is 0.507 e. The van der Waals surface area contributed by atoms with E-state index in [1.54, 1.807) is 0 Å². The van der Waals surface area contributed by atoms with E-state index in [1.165, 1.54) is 0 Å². The van der Waals surface area contributed by atoms with Crippen molar-refractivity contribution in [1.29, 1.82) is 0 Å². The van der Waals surface area contributed by atoms with Crippen LogP contribution in [0.1, 0.15) is 130 Å². The number of phenolic OH excluding ortho intramolecular Hbond substituents is 2. The molecular formula is C45H54N2O4. The maximum Gasteiger partial charge on any atom is 0.227 e. The molecule has 0 radical (unpaired) electrons. The quantitative estimate of drug-likeness (QED) is 0.192. The second-order valence-electron chi connectivity index (χ2n) is 18.9. The minimum atomic E-state index is -0.380. The molecule has 6 aromatic rings. The van der Waals surface area contributed by atoms with Crippen LogP contribution in [-0.2, 0) is 27.1 Å². The summed E-state index contributed by atoms with van der Waals surface area (Å²) in [7, 11) is 0. The van der Waals surface area contributed by atoms with Gasteiger partial charge < -0.3 is 19.0 Å². The molecule has 2 heterocycles. The molecule has 4 aromatic carbocycles. The molecule has 6 heteroatoms. The number of aromatic hydroxyl groups is 2. The molecule has 6 rings (SSSR count). The van der Waals surface area contributed by atoms with Crippen molar-refractivity contribution >= 4 is 22.2 Å². The summed E-state index contributed by atoms with van der Waals surface area (Å²) in [5.41, 5.74) is 8.93. The molecule has 6 nitrogen and oxygen atoms in total. The summed E-state index contributed by atoms with van der Waals surface area (Å²) in [5.74, 6) is 1.74. The summed E-state index contributed by atoms with van der Waals surface area (Å²) in [6.07, 6.45) is 0. The van der Waals surface area contributed by atoms with Gasteiger partial charge in [0.2, 0.25) is 11.8 Å². The molecule has 0 aliphatic rings. The molecule has 0 aliphatic heterocycles. The number of hydrogen-bond donors (Lipinski definition) is 2. The Labute approximate surface area is 303 Å². The second kappa shape index (κ2) is 11.7. The van der Waals surface area contributed by atoms with Gasteiger partial charge in [0, 0.05) is 38.8 Å². The van der Waals surface area contributed by atoms with E-state index in [2.05, 4.69) is 121 Å². The average molecular weight is 687 g/mol. The molecule has 0 saturated carbocycles. The van der Waals surface area contributed by atoms with Gasteiger partial charge in [-0.1, -0.05) is 109 Å². The third-order valence-corrected chi connectivity index (χ3v) is 10.2. The van der Waals surface area contributed by atoms with Crippen LogP contribution in [0, 0.1) is 0 Å². The number of nitrogens with zero attached hydrogens (tertiary/aromatic N) is 2. The van der Waals surface area contributed by atoms with Gasteiger partial charge in [0.05, 0.1) is 0 Å². The first kappa shape index (κ1) is 36.2. The lowest BCUT2D eigenvalue weighted by Gasteiger charge is -2.27. The zero-order valence-corrected chi connectivity index (χ0v) is 32.9. The fourth-order valence-corrected chi connectivity index (χ4v) is 6.85. The fourth-order valence-electron chi connectivity index (χ4n) is 6.85. The van der Waals surface area contributed by atoms with Crippen LogP contribution < -0.4 is 0 Å². The Morgan fingerprint density at radius 2 is 0.725 bits per heavy atom. The Bertz CT molecular complexity index is 2060. The van der Waals surface area contributed by atoms with E-state index in [-0.39, 0.29) is 27.1 Å². The average Bonchev–Trinajstić information content (AvgIpc) is 3.62. The third kappa shape index (κ3) is 6.66. The van der Waals surface area contributed by atoms with Gasteiger partial charge in [-0.15, -0.1) is 0 Å². The Morgan fingerprint density at radius 3 is 1.00 bits per heavy atom. The summed E-state index contributed by atoms with van der Waals surface area (Å²) >= 11 is 0. The minimum Gasteiger partial charge on any atom is -0.507 e. The highest BCUT2D eigenvalue weighted by Crippen LogP contribution is 2.44. The zero-order valence-electron chi connectivity index (χ0n) is 32.9. The van der Waals surface area contributed by atoms with E-state index < -0.39 is 0 Å². The van der Waals surface area contributed by atoms with E-state index in [9.17, 15) is 10.2 Å². The smallest absolute Gasteiger partial charge is 0.227 e. The Hall–Kier alpha value is -4.58. The predicted molar refractivity (Wildman–Crippen MR) is 209 cm³/mol. The maximum absolute atomic E-state index is 11.3. The molecule has 2 aromatic heterocycles. The van der Waals surface area contributed by atoms with Gasteiger partial charge in [-0.2, -0.15) is 0 Å². The van der Waals surface area contributed by atoms with Crippen LogP contribution in [0.5, 0.6) is 11.5 Å². The molecule has 0 unspecified atom stereocenters. The SMILES string of the molecule is CC(C)(C)c1cc(-c2nc3cc(C(C)(C)c4ccc5oc(-c6cc(C(C)(C)C)c(O)c(C(C)(C)C)c6)nc5c4)ccc3o2)cc(C(C)(C)C)c1O. The Balaban J connectivity index is 1.39. The van der Waals surface area contributed by atoms with Gasteiger partial charge in [-0.25, -0.2) is 9.97 Å². The summed E-state index contributed by atoms with van der Waals surface area (Å²) in [6, 6.07) is 20.4. The Morgan fingerprint density at radius 1 is 0.431 bits per heavy atom. The van der Waals surface area contributed by atoms with Crippen molar-refractivity contribution in [2.45, 2.75) is 124 Å². The summed E-state index contributed by atoms with van der Waals surface area (Å²) < 4.78 is 12.7. The number of aromatic nitrogens is 2. The maximum atomic E-state index is 11.3. The van der Waals surface area contributed by atoms with E-state index in [1.807, 2.05) is 36.4 Å². The van der Waals surface area contributed by atoms with Crippen molar-refractivity contribution in [3.05, 3.63) is 94.0 Å². The highest BCUT2D eigenvalue weighted by molar-refractivity contribution is 5.80. The molecule has 2 N–H and O–H groups in total. The number of fused-ring (bicyclic) bond motifs is 2. The number of hydrogen-bond acceptors (Lipinski definition) is 6. The minimum absolute atomic E-state index is 0.260. The molecular weight excluding hydrogens is 633 g/mol. The van der Waals surface area contributed by atoms with Crippen molar-refractivity contribution in [2.24, 2.45) is 0 Å². The van der Waals surface area contributed by atoms with Crippen LogP contribution in [0.25, 0.3) is 45.1 Å². The van der Waals surface area contributed by atoms with Crippen LogP contribution in [0.15, 0.2) is 69.5 Å². The number of phenols is 2. The van der Waals surface area contributed by atoms with E-state index in [0.717, 1.165) is 55.5 Å². The van der Waals surface area contributed by atoms with Crippen LogP contribution in [-0.4, -0.2) is 20.2 Å². The molecule has 268 valence electrons. The van der Waals surface area contributed by atoms with E-state index in [4.69, 9.17) is 18.8 Å². The standard InChI is InChI=1S/C45H54N2O4/c1-41(2,3)29-19-25(20-30(37(29)48)42(4,5)6)39-46-33-23-27(15-17-35(33)50-39)45(13,14)28-16-18-36-34(24-28)47-40(51-36)26-21-31(43(7,8)9)38(49)32(22-26)44(10,11)12/h15-24,48-49H,1-14H3. The summed E-state index contributed by atoms with van der Waals surface area (Å²) in [5, 5.41) is 22.5. The molecule has 51 heavy (non-hydrogen) atoms. The summed E-state index contributed by atoms with van der Waals surface area (Å²) in [4.78, 5) is 9.95. The molecule has 0 saturated heterocycles. The topological polar surface area (TPSA) is 92.5 Å². The lowest BCUT2D eigenvalue weighted by molar-refractivity contribution is 0.422. The molecule has 0 atom stereocenters. The van der Waals surface area contributed by atoms with Gasteiger partial charge in [0.15, 0.2) is 11.2 Å². The van der Waals surface area contributed by atoms with Crippen molar-refractivity contribution in [3.63, 3.8) is 0 Å². The Kier molecular flexibility index (Phi) is 8.33. The fraction of sp³-hybridized carbons (Fsp3) is 0.422. The zero-order chi connectivity index (χ0) is 37.6. The van der Waals surface area contributed by atoms with Crippen molar-refractivity contribution in [1.82, 2.24) is 9.97 Å². The van der Waals surface area contributed by atoms with Gasteiger partial charge in [-0.05, 0) is 81.3 Å². The van der Waals surface area contributed by atoms with Gasteiger partial charge in [0.1, 0.15) is 22.5 Å². The first-order chi connectivity index (χ1) is 23.4. The van der Waals surface area contributed by atoms with E-state index in [0.29, 0.717) is 34.4 Å². The number of rotatable bonds is 4. The normalized spacial score (nSPS) is 13.5. The van der Waals surface area contributed by atoms with Crippen molar-refractivity contribution in [2.75, 3.05) is 0 Å². The number of oxazole rings is 2. The van der Waals surface area contributed by atoms with Gasteiger partial charge in [-0.3, -0.25) is 0 Å². The van der Waals surface area contributed by atoms with Gasteiger partial charge >= 0.3 is 0 Å². The second-order valence-corrected chi connectivity index (χ2v) is 18.9. The van der Waals surface area contributed by atoms with Crippen LogP contribution in [0.3, 0.4) is 0 Å².